The number of halogens is 1. The first-order chi connectivity index (χ1) is 13.1. The van der Waals surface area contributed by atoms with Crippen molar-refractivity contribution < 1.29 is 0 Å². The van der Waals surface area contributed by atoms with Crippen molar-refractivity contribution in [3.8, 4) is 10.4 Å². The van der Waals surface area contributed by atoms with Crippen LogP contribution >= 0.6 is 22.9 Å². The van der Waals surface area contributed by atoms with Gasteiger partial charge in [-0.25, -0.2) is 9.97 Å². The quantitative estimate of drug-likeness (QED) is 0.685. The maximum absolute atomic E-state index is 6.45. The van der Waals surface area contributed by atoms with Gasteiger partial charge in [-0.2, -0.15) is 0 Å². The highest BCUT2D eigenvalue weighted by atomic mass is 35.5. The summed E-state index contributed by atoms with van der Waals surface area (Å²) in [6, 6.07) is 2.30. The molecule has 0 aromatic carbocycles. The lowest BCUT2D eigenvalue weighted by Gasteiger charge is -2.42. The predicted octanol–water partition coefficient (Wildman–Crippen LogP) is 4.52. The van der Waals surface area contributed by atoms with Gasteiger partial charge in [-0.1, -0.05) is 18.0 Å². The smallest absolute Gasteiger partial charge is 0.211 e. The van der Waals surface area contributed by atoms with E-state index in [1.165, 1.54) is 19.3 Å². The van der Waals surface area contributed by atoms with Crippen molar-refractivity contribution in [1.29, 1.82) is 0 Å². The van der Waals surface area contributed by atoms with Gasteiger partial charge in [0.1, 0.15) is 5.65 Å². The van der Waals surface area contributed by atoms with Crippen LogP contribution in [0.5, 0.6) is 0 Å². The monoisotopic (exact) mass is 401 g/mol. The van der Waals surface area contributed by atoms with Crippen molar-refractivity contribution in [2.24, 2.45) is 11.1 Å². The van der Waals surface area contributed by atoms with E-state index in [-0.39, 0.29) is 0 Å². The number of thiophene rings is 1. The predicted molar refractivity (Wildman–Crippen MR) is 112 cm³/mol. The third-order valence-corrected chi connectivity index (χ3v) is 7.93. The molecule has 1 aliphatic heterocycles. The van der Waals surface area contributed by atoms with E-state index in [1.807, 2.05) is 23.8 Å². The van der Waals surface area contributed by atoms with Gasteiger partial charge in [0.25, 0.3) is 0 Å². The molecule has 142 valence electrons. The van der Waals surface area contributed by atoms with E-state index in [0.29, 0.717) is 11.5 Å². The van der Waals surface area contributed by atoms with E-state index < -0.39 is 0 Å². The van der Waals surface area contributed by atoms with Crippen molar-refractivity contribution in [2.45, 2.75) is 45.1 Å². The molecule has 0 radical (unpaired) electrons. The Bertz CT molecular complexity index is 986. The van der Waals surface area contributed by atoms with Crippen LogP contribution in [0.25, 0.3) is 16.1 Å². The second kappa shape index (κ2) is 6.47. The number of aryl methyl sites for hydroxylation is 1. The van der Waals surface area contributed by atoms with E-state index in [4.69, 9.17) is 22.3 Å². The standard InChI is InChI=1S/C20H24ClN5S/c1-13-16(17-14(21)4-12-27-17)18-23-8-11-26(18)19(24-13)25-9-6-20(7-10-25)5-2-3-15(20)22/h4,8,11-12,15H,2-3,5-7,9-10,22H2,1H3/t15-/m1/s1. The minimum Gasteiger partial charge on any atom is -0.342 e. The molecule has 27 heavy (non-hydrogen) atoms. The molecule has 0 amide bonds. The zero-order valence-corrected chi connectivity index (χ0v) is 17.1. The summed E-state index contributed by atoms with van der Waals surface area (Å²) in [6.45, 7) is 4.07. The van der Waals surface area contributed by atoms with Crippen LogP contribution in [-0.4, -0.2) is 33.5 Å². The largest absolute Gasteiger partial charge is 0.342 e. The number of hydrogen-bond donors (Lipinski definition) is 1. The molecular weight excluding hydrogens is 378 g/mol. The summed E-state index contributed by atoms with van der Waals surface area (Å²) >= 11 is 8.04. The van der Waals surface area contributed by atoms with Crippen molar-refractivity contribution in [1.82, 2.24) is 14.4 Å². The van der Waals surface area contributed by atoms with Crippen molar-refractivity contribution >= 4 is 34.5 Å². The van der Waals surface area contributed by atoms with Gasteiger partial charge in [-0.15, -0.1) is 11.3 Å². The van der Waals surface area contributed by atoms with Gasteiger partial charge in [0, 0.05) is 31.5 Å². The Kier molecular flexibility index (Phi) is 4.18. The van der Waals surface area contributed by atoms with Crippen LogP contribution in [0.2, 0.25) is 5.02 Å². The molecule has 0 bridgehead atoms. The van der Waals surface area contributed by atoms with Crippen molar-refractivity contribution in [2.75, 3.05) is 18.0 Å². The van der Waals surface area contributed by atoms with Gasteiger partial charge in [0.15, 0.2) is 0 Å². The minimum absolute atomic E-state index is 0.351. The van der Waals surface area contributed by atoms with E-state index in [0.717, 1.165) is 58.7 Å². The van der Waals surface area contributed by atoms with E-state index in [9.17, 15) is 0 Å². The van der Waals surface area contributed by atoms with E-state index in [1.54, 1.807) is 11.3 Å². The molecule has 3 aromatic rings. The lowest BCUT2D eigenvalue weighted by atomic mass is 9.74. The first kappa shape index (κ1) is 17.5. The van der Waals surface area contributed by atoms with Crippen LogP contribution in [-0.2, 0) is 0 Å². The van der Waals surface area contributed by atoms with Gasteiger partial charge < -0.3 is 10.6 Å². The molecule has 5 rings (SSSR count). The number of fused-ring (bicyclic) bond motifs is 1. The zero-order valence-electron chi connectivity index (χ0n) is 15.5. The summed E-state index contributed by atoms with van der Waals surface area (Å²) < 4.78 is 2.12. The molecule has 2 aliphatic rings. The Morgan fingerprint density at radius 3 is 2.78 bits per heavy atom. The van der Waals surface area contributed by atoms with Gasteiger partial charge in [0.2, 0.25) is 5.95 Å². The average Bonchev–Trinajstić information content (AvgIpc) is 3.38. The third-order valence-electron chi connectivity index (χ3n) is 6.57. The van der Waals surface area contributed by atoms with Crippen molar-refractivity contribution in [3.05, 3.63) is 34.6 Å². The van der Waals surface area contributed by atoms with Crippen LogP contribution in [0.15, 0.2) is 23.8 Å². The first-order valence-corrected chi connectivity index (χ1v) is 10.9. The first-order valence-electron chi connectivity index (χ1n) is 9.67. The maximum Gasteiger partial charge on any atom is 0.211 e. The summed E-state index contributed by atoms with van der Waals surface area (Å²) in [5, 5.41) is 2.78. The molecule has 3 aromatic heterocycles. The fraction of sp³-hybridized carbons (Fsp3) is 0.500. The molecule has 2 N–H and O–H groups in total. The normalized spacial score (nSPS) is 22.2. The van der Waals surface area contributed by atoms with Crippen LogP contribution < -0.4 is 10.6 Å². The fourth-order valence-electron chi connectivity index (χ4n) is 4.97. The highest BCUT2D eigenvalue weighted by molar-refractivity contribution is 7.14. The lowest BCUT2D eigenvalue weighted by molar-refractivity contribution is 0.197. The minimum atomic E-state index is 0.351. The molecule has 2 fully saturated rings. The molecule has 0 unspecified atom stereocenters. The SMILES string of the molecule is Cc1nc(N2CCC3(CCC[C@H]3N)CC2)n2ccnc2c1-c1sccc1Cl. The van der Waals surface area contributed by atoms with Crippen molar-refractivity contribution in [3.63, 3.8) is 0 Å². The number of piperidine rings is 1. The topological polar surface area (TPSA) is 59.5 Å². The Labute approximate surface area is 168 Å². The molecule has 5 nitrogen and oxygen atoms in total. The number of nitrogens with zero attached hydrogens (tertiary/aromatic N) is 4. The molecule has 4 heterocycles. The van der Waals surface area contributed by atoms with Gasteiger partial charge in [-0.3, -0.25) is 4.40 Å². The summed E-state index contributed by atoms with van der Waals surface area (Å²) in [4.78, 5) is 13.1. The fourth-order valence-corrected chi connectivity index (χ4v) is 6.21. The summed E-state index contributed by atoms with van der Waals surface area (Å²) in [6.07, 6.45) is 9.91. The molecule has 1 spiro atoms. The number of nitrogens with two attached hydrogens (primary N) is 1. The molecule has 1 saturated heterocycles. The Balaban J connectivity index is 1.53. The molecule has 7 heteroatoms. The second-order valence-electron chi connectivity index (χ2n) is 7.94. The Morgan fingerprint density at radius 2 is 2.11 bits per heavy atom. The van der Waals surface area contributed by atoms with Gasteiger partial charge in [0.05, 0.1) is 21.2 Å². The van der Waals surface area contributed by atoms with Crippen LogP contribution in [0.4, 0.5) is 5.95 Å². The number of anilines is 1. The lowest BCUT2D eigenvalue weighted by Crippen LogP contribution is -2.47. The summed E-state index contributed by atoms with van der Waals surface area (Å²) in [7, 11) is 0. The van der Waals surface area contributed by atoms with Crippen LogP contribution in [0, 0.1) is 12.3 Å². The highest BCUT2D eigenvalue weighted by Crippen LogP contribution is 2.46. The molecular formula is C20H24ClN5S. The van der Waals surface area contributed by atoms with E-state index >= 15 is 0 Å². The van der Waals surface area contributed by atoms with Crippen LogP contribution in [0.1, 0.15) is 37.8 Å². The second-order valence-corrected chi connectivity index (χ2v) is 9.26. The highest BCUT2D eigenvalue weighted by Gasteiger charge is 2.43. The maximum atomic E-state index is 6.45. The number of hydrogen-bond acceptors (Lipinski definition) is 5. The third kappa shape index (κ3) is 2.69. The molecule has 1 atom stereocenters. The molecule has 1 saturated carbocycles. The number of aromatic nitrogens is 3. The zero-order chi connectivity index (χ0) is 18.6. The van der Waals surface area contributed by atoms with Gasteiger partial charge in [-0.05, 0) is 49.5 Å². The number of imidazole rings is 1. The number of rotatable bonds is 2. The van der Waals surface area contributed by atoms with Crippen LogP contribution in [0.3, 0.4) is 0 Å². The molecule has 1 aliphatic carbocycles. The Morgan fingerprint density at radius 1 is 1.30 bits per heavy atom. The van der Waals surface area contributed by atoms with E-state index in [2.05, 4.69) is 21.2 Å². The van der Waals surface area contributed by atoms with Gasteiger partial charge >= 0.3 is 0 Å². The summed E-state index contributed by atoms with van der Waals surface area (Å²) in [5.41, 5.74) is 9.75. The summed E-state index contributed by atoms with van der Waals surface area (Å²) in [5.74, 6) is 0.984. The Hall–Kier alpha value is -1.63. The average molecular weight is 402 g/mol.